The van der Waals surface area contributed by atoms with E-state index in [1.54, 1.807) is 6.20 Å². The molecule has 2 aromatic heterocycles. The molecule has 0 unspecified atom stereocenters. The Kier molecular flexibility index (Phi) is 3.70. The highest BCUT2D eigenvalue weighted by molar-refractivity contribution is 7.90. The lowest BCUT2D eigenvalue weighted by Crippen LogP contribution is -2.62. The Morgan fingerprint density at radius 3 is 2.82 bits per heavy atom. The molecule has 0 atom stereocenters. The Morgan fingerprint density at radius 2 is 2.04 bits per heavy atom. The van der Waals surface area contributed by atoms with Gasteiger partial charge in [-0.2, -0.15) is 0 Å². The van der Waals surface area contributed by atoms with E-state index in [-0.39, 0.29) is 11.3 Å². The van der Waals surface area contributed by atoms with Gasteiger partial charge in [0.15, 0.2) is 5.75 Å². The number of anilines is 1. The highest BCUT2D eigenvalue weighted by atomic mass is 32.2. The number of likely N-dealkylation sites (tertiary alicyclic amines) is 1. The highest BCUT2D eigenvalue weighted by Gasteiger charge is 2.46. The van der Waals surface area contributed by atoms with Crippen molar-refractivity contribution in [3.8, 4) is 5.75 Å². The maximum Gasteiger partial charge on any atom is 0.217 e. The maximum absolute atomic E-state index is 12.6. The number of nitrogens with one attached hydrogen (secondary N) is 2. The van der Waals surface area contributed by atoms with Crippen molar-refractivity contribution in [2.45, 2.75) is 49.1 Å². The second-order valence-corrected chi connectivity index (χ2v) is 10.5. The van der Waals surface area contributed by atoms with Gasteiger partial charge >= 0.3 is 0 Å². The van der Waals surface area contributed by atoms with Crippen molar-refractivity contribution in [1.82, 2.24) is 19.6 Å². The fourth-order valence-corrected chi connectivity index (χ4v) is 6.40. The Hall–Kier alpha value is -1.84. The van der Waals surface area contributed by atoms with Gasteiger partial charge in [0.05, 0.1) is 18.4 Å². The smallest absolute Gasteiger partial charge is 0.217 e. The number of aromatic nitrogens is 2. The molecule has 3 fully saturated rings. The summed E-state index contributed by atoms with van der Waals surface area (Å²) in [5.74, 6) is 0.817. The summed E-state index contributed by atoms with van der Waals surface area (Å²) in [4.78, 5) is 12.2. The van der Waals surface area contributed by atoms with Crippen molar-refractivity contribution in [3.63, 3.8) is 0 Å². The molecule has 4 aliphatic rings. The lowest BCUT2D eigenvalue weighted by atomic mass is 9.85. The number of hydrogen-bond donors (Lipinski definition) is 2. The van der Waals surface area contributed by atoms with E-state index in [0.29, 0.717) is 31.8 Å². The van der Waals surface area contributed by atoms with Gasteiger partial charge in [0.1, 0.15) is 17.5 Å². The first-order chi connectivity index (χ1) is 13.6. The van der Waals surface area contributed by atoms with Crippen molar-refractivity contribution in [3.05, 3.63) is 18.5 Å². The molecule has 0 aromatic carbocycles. The first kappa shape index (κ1) is 17.1. The molecule has 0 amide bonds. The van der Waals surface area contributed by atoms with Gasteiger partial charge in [-0.15, -0.1) is 0 Å². The van der Waals surface area contributed by atoms with Crippen LogP contribution in [-0.4, -0.2) is 72.9 Å². The molecule has 2 aliphatic carbocycles. The molecule has 2 N–H and O–H groups in total. The Labute approximate surface area is 164 Å². The minimum Gasteiger partial charge on any atom is -0.488 e. The fraction of sp³-hybridized carbons (Fsp3) is 0.632. The van der Waals surface area contributed by atoms with Gasteiger partial charge in [0, 0.05) is 42.8 Å². The molecule has 2 saturated carbocycles. The zero-order chi connectivity index (χ0) is 18.9. The average Bonchev–Trinajstić information content (AvgIpc) is 3.30. The maximum atomic E-state index is 12.6. The van der Waals surface area contributed by atoms with Gasteiger partial charge in [-0.05, 0) is 31.7 Å². The summed E-state index contributed by atoms with van der Waals surface area (Å²) >= 11 is 0. The van der Waals surface area contributed by atoms with E-state index in [4.69, 9.17) is 4.74 Å². The summed E-state index contributed by atoms with van der Waals surface area (Å²) in [7, 11) is -3.21. The van der Waals surface area contributed by atoms with Crippen LogP contribution in [0.1, 0.15) is 25.7 Å². The number of sulfonamides is 1. The van der Waals surface area contributed by atoms with Gasteiger partial charge in [0.2, 0.25) is 10.0 Å². The number of H-pyrrole nitrogens is 1. The summed E-state index contributed by atoms with van der Waals surface area (Å²) in [6, 6.07) is 3.06. The first-order valence-electron chi connectivity index (χ1n) is 10.2. The molecular formula is C19H25N5O3S. The van der Waals surface area contributed by atoms with Crippen molar-refractivity contribution in [1.29, 1.82) is 0 Å². The van der Waals surface area contributed by atoms with E-state index in [9.17, 15) is 8.42 Å². The minimum atomic E-state index is -3.21. The monoisotopic (exact) mass is 403 g/mol. The molecular weight excluding hydrogens is 378 g/mol. The molecule has 1 saturated heterocycles. The van der Waals surface area contributed by atoms with Crippen LogP contribution in [0.4, 0.5) is 5.69 Å². The van der Waals surface area contributed by atoms with E-state index >= 15 is 0 Å². The van der Waals surface area contributed by atoms with Crippen LogP contribution in [0.3, 0.4) is 0 Å². The van der Waals surface area contributed by atoms with E-state index in [2.05, 4.69) is 24.5 Å². The normalized spacial score (nSPS) is 28.5. The molecule has 28 heavy (non-hydrogen) atoms. The second kappa shape index (κ2) is 6.08. The van der Waals surface area contributed by atoms with Crippen LogP contribution in [0, 0.1) is 0 Å². The fourth-order valence-electron chi connectivity index (χ4n) is 4.78. The van der Waals surface area contributed by atoms with Crippen LogP contribution in [-0.2, 0) is 10.0 Å². The van der Waals surface area contributed by atoms with Crippen molar-refractivity contribution >= 4 is 26.7 Å². The number of pyridine rings is 1. The van der Waals surface area contributed by atoms with Crippen LogP contribution >= 0.6 is 0 Å². The number of aromatic amines is 1. The largest absolute Gasteiger partial charge is 0.488 e. The van der Waals surface area contributed by atoms with Crippen molar-refractivity contribution in [2.75, 3.05) is 31.1 Å². The molecule has 0 bridgehead atoms. The molecule has 4 heterocycles. The quantitative estimate of drug-likeness (QED) is 0.776. The minimum absolute atomic E-state index is 0.0415. The highest BCUT2D eigenvalue weighted by Crippen LogP contribution is 2.42. The van der Waals surface area contributed by atoms with Crippen LogP contribution < -0.4 is 14.4 Å². The van der Waals surface area contributed by atoms with Gasteiger partial charge in [-0.1, -0.05) is 0 Å². The molecule has 2 aliphatic heterocycles. The summed E-state index contributed by atoms with van der Waals surface area (Å²) < 4.78 is 34.1. The molecule has 150 valence electrons. The number of ether oxygens (including phenoxy) is 1. The van der Waals surface area contributed by atoms with Gasteiger partial charge in [-0.25, -0.2) is 18.1 Å². The van der Waals surface area contributed by atoms with E-state index in [1.807, 2.05) is 12.3 Å². The predicted octanol–water partition coefficient (Wildman–Crippen LogP) is 1.06. The van der Waals surface area contributed by atoms with E-state index in [0.717, 1.165) is 41.9 Å². The standard InChI is InChI=1S/C19H25N5O3S/c25-28(26,15-10-23(11-15)13-1-2-13)22-12-7-14(8-12)24-5-6-27-17-9-21-19-16(18(17)24)3-4-20-19/h3-4,9,12-15,22H,1-2,5-8,10-11H2,(H,20,21). The molecule has 2 aromatic rings. The van der Waals surface area contributed by atoms with Crippen LogP contribution in [0.2, 0.25) is 0 Å². The average molecular weight is 404 g/mol. The third-order valence-corrected chi connectivity index (χ3v) is 8.50. The van der Waals surface area contributed by atoms with Crippen molar-refractivity contribution in [2.24, 2.45) is 0 Å². The first-order valence-corrected chi connectivity index (χ1v) is 11.7. The van der Waals surface area contributed by atoms with Crippen LogP contribution in [0.25, 0.3) is 11.0 Å². The number of hydrogen-bond acceptors (Lipinski definition) is 6. The SMILES string of the molecule is O=S(=O)(NC1CC(N2CCOc3cnc4[nH]ccc4c32)C1)C1CN(C2CC2)C1. The van der Waals surface area contributed by atoms with E-state index < -0.39 is 10.0 Å². The Bertz CT molecular complexity index is 1010. The summed E-state index contributed by atoms with van der Waals surface area (Å²) in [5.41, 5.74) is 1.94. The zero-order valence-corrected chi connectivity index (χ0v) is 16.5. The van der Waals surface area contributed by atoms with E-state index in [1.165, 1.54) is 12.8 Å². The number of fused-ring (bicyclic) bond motifs is 3. The summed E-state index contributed by atoms with van der Waals surface area (Å²) in [5, 5.41) is 0.831. The van der Waals surface area contributed by atoms with Gasteiger partial charge in [0.25, 0.3) is 0 Å². The van der Waals surface area contributed by atoms with Crippen molar-refractivity contribution < 1.29 is 13.2 Å². The number of nitrogens with zero attached hydrogens (tertiary/aromatic N) is 3. The zero-order valence-electron chi connectivity index (χ0n) is 15.7. The summed E-state index contributed by atoms with van der Waals surface area (Å²) in [6.07, 6.45) is 7.82. The molecule has 8 nitrogen and oxygen atoms in total. The topological polar surface area (TPSA) is 90.6 Å². The second-order valence-electron chi connectivity index (χ2n) is 8.54. The molecule has 0 spiro atoms. The Morgan fingerprint density at radius 1 is 1.21 bits per heavy atom. The molecule has 9 heteroatoms. The van der Waals surface area contributed by atoms with Crippen LogP contribution in [0.5, 0.6) is 5.75 Å². The van der Waals surface area contributed by atoms with Gasteiger partial charge in [-0.3, -0.25) is 4.90 Å². The summed E-state index contributed by atoms with van der Waals surface area (Å²) in [6.45, 7) is 2.86. The lowest BCUT2D eigenvalue weighted by molar-refractivity contribution is 0.172. The van der Waals surface area contributed by atoms with Gasteiger partial charge < -0.3 is 14.6 Å². The molecule has 6 rings (SSSR count). The lowest BCUT2D eigenvalue weighted by Gasteiger charge is -2.47. The molecule has 0 radical (unpaired) electrons. The number of rotatable bonds is 5. The third kappa shape index (κ3) is 2.71. The van der Waals surface area contributed by atoms with Crippen LogP contribution in [0.15, 0.2) is 18.5 Å². The third-order valence-electron chi connectivity index (χ3n) is 6.66. The predicted molar refractivity (Wildman–Crippen MR) is 106 cm³/mol. The Balaban J connectivity index is 1.12.